The monoisotopic (exact) mass is 340 g/mol. The molecule has 20 heavy (non-hydrogen) atoms. The smallest absolute Gasteiger partial charge is 0.335 e. The van der Waals surface area contributed by atoms with Crippen LogP contribution in [0.5, 0.6) is 0 Å². The van der Waals surface area contributed by atoms with Crippen molar-refractivity contribution in [2.24, 2.45) is 0 Å². The second-order valence-electron chi connectivity index (χ2n) is 5.28. The van der Waals surface area contributed by atoms with Crippen molar-refractivity contribution in [2.75, 3.05) is 31.6 Å². The van der Waals surface area contributed by atoms with Gasteiger partial charge in [0, 0.05) is 24.1 Å². The lowest BCUT2D eigenvalue weighted by Gasteiger charge is -2.29. The molecule has 1 fully saturated rings. The third-order valence-electron chi connectivity index (χ3n) is 4.00. The summed E-state index contributed by atoms with van der Waals surface area (Å²) >= 11 is 3.48. The first kappa shape index (κ1) is 15.3. The largest absolute Gasteiger partial charge is 0.478 e. The van der Waals surface area contributed by atoms with Gasteiger partial charge in [0.05, 0.1) is 11.3 Å². The molecule has 2 rings (SSSR count). The van der Waals surface area contributed by atoms with E-state index in [-0.39, 0.29) is 0 Å². The van der Waals surface area contributed by atoms with Crippen molar-refractivity contribution >= 4 is 27.6 Å². The number of hydrogen-bond donors (Lipinski definition) is 1. The Balaban J connectivity index is 2.09. The topological polar surface area (TPSA) is 43.8 Å². The molecule has 1 N–H and O–H groups in total. The summed E-state index contributed by atoms with van der Waals surface area (Å²) in [5.74, 6) is -0.896. The Bertz CT molecular complexity index is 493. The molecule has 1 atom stereocenters. The minimum atomic E-state index is -0.896. The van der Waals surface area contributed by atoms with Gasteiger partial charge in [-0.1, -0.05) is 6.92 Å². The summed E-state index contributed by atoms with van der Waals surface area (Å²) in [6.07, 6.45) is 2.51. The van der Waals surface area contributed by atoms with Gasteiger partial charge in [0.15, 0.2) is 0 Å². The number of carboxylic acid groups (broad SMARTS) is 1. The van der Waals surface area contributed by atoms with Gasteiger partial charge in [-0.3, -0.25) is 4.90 Å². The first-order valence-electron chi connectivity index (χ1n) is 7.01. The maximum Gasteiger partial charge on any atom is 0.335 e. The van der Waals surface area contributed by atoms with Crippen LogP contribution in [0.3, 0.4) is 0 Å². The molecule has 4 nitrogen and oxygen atoms in total. The van der Waals surface area contributed by atoms with E-state index in [2.05, 4.69) is 39.7 Å². The van der Waals surface area contributed by atoms with Crippen molar-refractivity contribution in [3.63, 3.8) is 0 Å². The molecular weight excluding hydrogens is 320 g/mol. The number of nitrogens with zero attached hydrogens (tertiary/aromatic N) is 2. The number of aromatic carboxylic acids is 1. The molecule has 0 spiro atoms. The summed E-state index contributed by atoms with van der Waals surface area (Å²) in [5.41, 5.74) is 1.35. The second kappa shape index (κ2) is 6.59. The first-order valence-corrected chi connectivity index (χ1v) is 7.80. The predicted octanol–water partition coefficient (Wildman–Crippen LogP) is 3.07. The van der Waals surface area contributed by atoms with Crippen LogP contribution in [0.15, 0.2) is 22.7 Å². The summed E-state index contributed by atoms with van der Waals surface area (Å²) in [6.45, 7) is 5.46. The number of rotatable bonds is 5. The second-order valence-corrected chi connectivity index (χ2v) is 6.13. The van der Waals surface area contributed by atoms with E-state index < -0.39 is 5.97 Å². The molecule has 0 bridgehead atoms. The first-order chi connectivity index (χ1) is 9.52. The maximum absolute atomic E-state index is 11.0. The van der Waals surface area contributed by atoms with E-state index in [4.69, 9.17) is 5.11 Å². The normalized spacial score (nSPS) is 19.2. The zero-order chi connectivity index (χ0) is 14.7. The van der Waals surface area contributed by atoms with Gasteiger partial charge >= 0.3 is 5.97 Å². The van der Waals surface area contributed by atoms with Crippen LogP contribution in [-0.4, -0.2) is 48.7 Å². The summed E-state index contributed by atoms with van der Waals surface area (Å²) < 4.78 is 0.834. The van der Waals surface area contributed by atoms with Crippen molar-refractivity contribution in [1.82, 2.24) is 4.90 Å². The van der Waals surface area contributed by atoms with E-state index in [0.717, 1.165) is 23.2 Å². The highest BCUT2D eigenvalue weighted by atomic mass is 79.9. The van der Waals surface area contributed by atoms with E-state index in [0.29, 0.717) is 11.6 Å². The maximum atomic E-state index is 11.0. The summed E-state index contributed by atoms with van der Waals surface area (Å²) in [6, 6.07) is 5.79. The lowest BCUT2D eigenvalue weighted by Crippen LogP contribution is -2.38. The fraction of sp³-hybridized carbons (Fsp3) is 0.533. The molecule has 1 saturated heterocycles. The summed E-state index contributed by atoms with van der Waals surface area (Å²) in [5, 5.41) is 8.99. The van der Waals surface area contributed by atoms with E-state index in [1.807, 2.05) is 6.07 Å². The number of benzene rings is 1. The highest BCUT2D eigenvalue weighted by molar-refractivity contribution is 9.10. The van der Waals surface area contributed by atoms with Gasteiger partial charge in [-0.25, -0.2) is 4.79 Å². The SMILES string of the molecule is CCN1CCCC1CN(C)c1ccc(C(=O)O)cc1Br. The van der Waals surface area contributed by atoms with Gasteiger partial charge in [-0.15, -0.1) is 0 Å². The summed E-state index contributed by atoms with van der Waals surface area (Å²) in [4.78, 5) is 15.7. The van der Waals surface area contributed by atoms with Gasteiger partial charge in [0.25, 0.3) is 0 Å². The third kappa shape index (κ3) is 3.33. The Hall–Kier alpha value is -1.07. The van der Waals surface area contributed by atoms with Crippen LogP contribution in [-0.2, 0) is 0 Å². The molecule has 110 valence electrons. The van der Waals surface area contributed by atoms with Crippen LogP contribution in [0, 0.1) is 0 Å². The molecule has 0 aliphatic carbocycles. The molecule has 0 aromatic heterocycles. The Morgan fingerprint density at radius 1 is 1.55 bits per heavy atom. The number of hydrogen-bond acceptors (Lipinski definition) is 3. The molecule has 0 saturated carbocycles. The van der Waals surface area contributed by atoms with E-state index >= 15 is 0 Å². The van der Waals surface area contributed by atoms with Gasteiger partial charge in [-0.2, -0.15) is 0 Å². The molecule has 5 heteroatoms. The lowest BCUT2D eigenvalue weighted by molar-refractivity contribution is 0.0697. The number of carboxylic acids is 1. The third-order valence-corrected chi connectivity index (χ3v) is 4.63. The van der Waals surface area contributed by atoms with E-state index in [1.54, 1.807) is 12.1 Å². The zero-order valence-electron chi connectivity index (χ0n) is 12.0. The number of likely N-dealkylation sites (tertiary alicyclic amines) is 1. The summed E-state index contributed by atoms with van der Waals surface area (Å²) in [7, 11) is 2.06. The Morgan fingerprint density at radius 2 is 2.30 bits per heavy atom. The molecule has 1 aromatic carbocycles. The lowest BCUT2D eigenvalue weighted by atomic mass is 10.1. The quantitative estimate of drug-likeness (QED) is 0.894. The fourth-order valence-corrected chi connectivity index (χ4v) is 3.56. The highest BCUT2D eigenvalue weighted by Gasteiger charge is 2.24. The van der Waals surface area contributed by atoms with Crippen LogP contribution < -0.4 is 4.90 Å². The Labute approximate surface area is 128 Å². The number of carbonyl (C=O) groups is 1. The minimum absolute atomic E-state index is 0.310. The Morgan fingerprint density at radius 3 is 2.90 bits per heavy atom. The van der Waals surface area contributed by atoms with Crippen molar-refractivity contribution < 1.29 is 9.90 Å². The van der Waals surface area contributed by atoms with Crippen LogP contribution in [0.2, 0.25) is 0 Å². The van der Waals surface area contributed by atoms with Crippen molar-refractivity contribution in [3.05, 3.63) is 28.2 Å². The van der Waals surface area contributed by atoms with Crippen LogP contribution in [0.4, 0.5) is 5.69 Å². The van der Waals surface area contributed by atoms with E-state index in [1.165, 1.54) is 19.4 Å². The number of anilines is 1. The number of halogens is 1. The van der Waals surface area contributed by atoms with Crippen LogP contribution in [0.25, 0.3) is 0 Å². The molecule has 1 aliphatic rings. The van der Waals surface area contributed by atoms with Gasteiger partial charge in [0.2, 0.25) is 0 Å². The van der Waals surface area contributed by atoms with Gasteiger partial charge in [-0.05, 0) is 60.1 Å². The standard InChI is InChI=1S/C15H21BrN2O2/c1-3-18-8-4-5-12(18)10-17(2)14-7-6-11(15(19)20)9-13(14)16/h6-7,9,12H,3-5,8,10H2,1-2H3,(H,19,20). The average molecular weight is 341 g/mol. The predicted molar refractivity (Wildman–Crippen MR) is 84.6 cm³/mol. The van der Waals surface area contributed by atoms with E-state index in [9.17, 15) is 4.79 Å². The molecule has 1 heterocycles. The minimum Gasteiger partial charge on any atom is -0.478 e. The highest BCUT2D eigenvalue weighted by Crippen LogP contribution is 2.28. The van der Waals surface area contributed by atoms with Crippen molar-refractivity contribution in [3.8, 4) is 0 Å². The van der Waals surface area contributed by atoms with Crippen LogP contribution in [0.1, 0.15) is 30.1 Å². The zero-order valence-corrected chi connectivity index (χ0v) is 13.6. The molecular formula is C15H21BrN2O2. The fourth-order valence-electron chi connectivity index (χ4n) is 2.88. The Kier molecular flexibility index (Phi) is 5.05. The van der Waals surface area contributed by atoms with Gasteiger partial charge in [0.1, 0.15) is 0 Å². The molecule has 1 aromatic rings. The average Bonchev–Trinajstić information content (AvgIpc) is 2.85. The number of likely N-dealkylation sites (N-methyl/N-ethyl adjacent to an activating group) is 2. The van der Waals surface area contributed by atoms with Crippen LogP contribution >= 0.6 is 15.9 Å². The molecule has 0 radical (unpaired) electrons. The molecule has 1 unspecified atom stereocenters. The van der Waals surface area contributed by atoms with Gasteiger partial charge < -0.3 is 10.0 Å². The molecule has 1 aliphatic heterocycles. The van der Waals surface area contributed by atoms with Crippen molar-refractivity contribution in [2.45, 2.75) is 25.8 Å². The molecule has 0 amide bonds. The van der Waals surface area contributed by atoms with Crippen molar-refractivity contribution in [1.29, 1.82) is 0 Å².